The number of ether oxygens (including phenoxy) is 2. The van der Waals surface area contributed by atoms with Gasteiger partial charge in [-0.05, 0) is 36.8 Å². The number of carbonyl (C=O) groups excluding carboxylic acids is 1. The molecule has 0 spiro atoms. The third kappa shape index (κ3) is 3.92. The van der Waals surface area contributed by atoms with Crippen molar-refractivity contribution in [1.29, 1.82) is 0 Å². The molecular weight excluding hydrogens is 338 g/mol. The first-order valence-electron chi connectivity index (χ1n) is 9.91. The van der Waals surface area contributed by atoms with Crippen molar-refractivity contribution in [3.05, 3.63) is 71.8 Å². The third-order valence-electron chi connectivity index (χ3n) is 5.64. The van der Waals surface area contributed by atoms with Crippen LogP contribution in [0.15, 0.2) is 60.7 Å². The molecule has 4 heteroatoms. The van der Waals surface area contributed by atoms with E-state index in [4.69, 9.17) is 9.47 Å². The number of benzene rings is 2. The molecule has 2 aromatic carbocycles. The minimum atomic E-state index is -0.452. The van der Waals surface area contributed by atoms with Gasteiger partial charge in [0, 0.05) is 13.0 Å². The number of hydrogen-bond donors (Lipinski definition) is 0. The lowest BCUT2D eigenvalue weighted by molar-refractivity contribution is -0.163. The van der Waals surface area contributed by atoms with Crippen LogP contribution in [0.2, 0.25) is 0 Å². The summed E-state index contributed by atoms with van der Waals surface area (Å²) in [5.74, 6) is 0.220. The molecule has 142 valence electrons. The molecule has 0 N–H and O–H groups in total. The first-order chi connectivity index (χ1) is 13.3. The number of nitrogens with zero attached hydrogens (tertiary/aromatic N) is 1. The molecule has 0 unspecified atom stereocenters. The number of amides is 1. The fraction of sp³-hybridized carbons (Fsp3) is 0.435. The smallest absolute Gasteiger partial charge is 0.225 e. The molecule has 27 heavy (non-hydrogen) atoms. The zero-order chi connectivity index (χ0) is 18.5. The molecule has 4 nitrogen and oxygen atoms in total. The second-order valence-electron chi connectivity index (χ2n) is 7.44. The average molecular weight is 365 g/mol. The second-order valence-corrected chi connectivity index (χ2v) is 7.44. The molecule has 0 bridgehead atoms. The Balaban J connectivity index is 1.37. The van der Waals surface area contributed by atoms with Crippen LogP contribution < -0.4 is 0 Å². The summed E-state index contributed by atoms with van der Waals surface area (Å²) in [5.41, 5.74) is 1.90. The van der Waals surface area contributed by atoms with Gasteiger partial charge in [0.15, 0.2) is 0 Å². The van der Waals surface area contributed by atoms with Crippen LogP contribution >= 0.6 is 0 Å². The van der Waals surface area contributed by atoms with E-state index in [1.165, 1.54) is 5.56 Å². The van der Waals surface area contributed by atoms with E-state index in [0.717, 1.165) is 31.2 Å². The van der Waals surface area contributed by atoms with Crippen LogP contribution in [0, 0.1) is 0 Å². The maximum absolute atomic E-state index is 12.8. The van der Waals surface area contributed by atoms with Crippen LogP contribution in [-0.2, 0) is 20.9 Å². The van der Waals surface area contributed by atoms with E-state index < -0.39 is 5.72 Å². The Labute approximate surface area is 161 Å². The van der Waals surface area contributed by atoms with Gasteiger partial charge in [-0.25, -0.2) is 0 Å². The molecule has 0 radical (unpaired) electrons. The molecular formula is C23H27NO3. The molecule has 2 heterocycles. The molecule has 2 fully saturated rings. The lowest BCUT2D eigenvalue weighted by atomic mass is 9.92. The fourth-order valence-corrected chi connectivity index (χ4v) is 4.34. The number of fused-ring (bicyclic) bond motifs is 1. The SMILES string of the molecule is O=C1CCC[C@@]2(CCCOCc3ccccc3)OC[C@H](c3ccccc3)N12. The lowest BCUT2D eigenvalue weighted by Gasteiger charge is -2.43. The van der Waals surface area contributed by atoms with Crippen LogP contribution in [0.4, 0.5) is 0 Å². The lowest BCUT2D eigenvalue weighted by Crippen LogP contribution is -2.52. The van der Waals surface area contributed by atoms with Crippen molar-refractivity contribution in [2.45, 2.75) is 50.5 Å². The Morgan fingerprint density at radius 1 is 1.07 bits per heavy atom. The van der Waals surface area contributed by atoms with Gasteiger partial charge in [-0.15, -0.1) is 0 Å². The molecule has 2 aromatic rings. The number of piperidine rings is 1. The van der Waals surface area contributed by atoms with E-state index in [0.29, 0.717) is 26.2 Å². The Kier molecular flexibility index (Phi) is 5.55. The van der Waals surface area contributed by atoms with Crippen molar-refractivity contribution in [3.63, 3.8) is 0 Å². The van der Waals surface area contributed by atoms with Gasteiger partial charge in [-0.3, -0.25) is 4.79 Å². The summed E-state index contributed by atoms with van der Waals surface area (Å²) in [7, 11) is 0. The van der Waals surface area contributed by atoms with Crippen molar-refractivity contribution < 1.29 is 14.3 Å². The summed E-state index contributed by atoms with van der Waals surface area (Å²) in [6.07, 6.45) is 4.16. The van der Waals surface area contributed by atoms with Crippen LogP contribution in [0.25, 0.3) is 0 Å². The predicted molar refractivity (Wildman–Crippen MR) is 104 cm³/mol. The normalized spacial score (nSPS) is 24.8. The van der Waals surface area contributed by atoms with Crippen LogP contribution in [0.3, 0.4) is 0 Å². The Hall–Kier alpha value is -2.17. The van der Waals surface area contributed by atoms with Crippen molar-refractivity contribution in [2.24, 2.45) is 0 Å². The zero-order valence-electron chi connectivity index (χ0n) is 15.7. The summed E-state index contributed by atoms with van der Waals surface area (Å²) >= 11 is 0. The standard InChI is InChI=1S/C23H27NO3/c25-22-13-7-14-23(15-8-16-26-17-19-9-3-1-4-10-19)24(22)21(18-27-23)20-11-5-2-6-12-20/h1-6,9-12,21H,7-8,13-18H2/t21-,23+/m1/s1. The van der Waals surface area contributed by atoms with Crippen LogP contribution in [-0.4, -0.2) is 29.7 Å². The average Bonchev–Trinajstić information content (AvgIpc) is 3.10. The highest BCUT2D eigenvalue weighted by atomic mass is 16.5. The molecule has 0 aromatic heterocycles. The molecule has 1 amide bonds. The highest BCUT2D eigenvalue weighted by Gasteiger charge is 2.51. The van der Waals surface area contributed by atoms with Gasteiger partial charge in [0.1, 0.15) is 5.72 Å². The zero-order valence-corrected chi connectivity index (χ0v) is 15.7. The van der Waals surface area contributed by atoms with Crippen molar-refractivity contribution in [1.82, 2.24) is 4.90 Å². The Morgan fingerprint density at radius 2 is 1.81 bits per heavy atom. The first kappa shape index (κ1) is 18.2. The highest BCUT2D eigenvalue weighted by molar-refractivity contribution is 5.78. The van der Waals surface area contributed by atoms with Gasteiger partial charge in [0.2, 0.25) is 5.91 Å². The molecule has 0 aliphatic carbocycles. The van der Waals surface area contributed by atoms with Gasteiger partial charge in [-0.2, -0.15) is 0 Å². The van der Waals surface area contributed by atoms with Gasteiger partial charge >= 0.3 is 0 Å². The second kappa shape index (κ2) is 8.24. The number of carbonyl (C=O) groups is 1. The van der Waals surface area contributed by atoms with Gasteiger partial charge in [0.05, 0.1) is 19.3 Å². The molecule has 4 rings (SSSR count). The monoisotopic (exact) mass is 365 g/mol. The Bertz CT molecular complexity index is 749. The minimum Gasteiger partial charge on any atom is -0.377 e. The molecule has 2 saturated heterocycles. The van der Waals surface area contributed by atoms with Gasteiger partial charge in [0.25, 0.3) is 0 Å². The topological polar surface area (TPSA) is 38.8 Å². The van der Waals surface area contributed by atoms with E-state index in [2.05, 4.69) is 24.3 Å². The summed E-state index contributed by atoms with van der Waals surface area (Å²) in [5, 5.41) is 0. The number of rotatable bonds is 7. The Morgan fingerprint density at radius 3 is 2.59 bits per heavy atom. The van der Waals surface area contributed by atoms with Crippen molar-refractivity contribution in [2.75, 3.05) is 13.2 Å². The van der Waals surface area contributed by atoms with Gasteiger partial charge in [-0.1, -0.05) is 60.7 Å². The van der Waals surface area contributed by atoms with Crippen LogP contribution in [0.5, 0.6) is 0 Å². The maximum Gasteiger partial charge on any atom is 0.225 e. The largest absolute Gasteiger partial charge is 0.377 e. The minimum absolute atomic E-state index is 0.0317. The quantitative estimate of drug-likeness (QED) is 0.680. The van der Waals surface area contributed by atoms with E-state index in [1.807, 2.05) is 41.3 Å². The first-order valence-corrected chi connectivity index (χ1v) is 9.91. The molecule has 2 aliphatic heterocycles. The van der Waals surface area contributed by atoms with Crippen molar-refractivity contribution >= 4 is 5.91 Å². The summed E-state index contributed by atoms with van der Waals surface area (Å²) in [6, 6.07) is 20.5. The summed E-state index contributed by atoms with van der Waals surface area (Å²) < 4.78 is 12.1. The van der Waals surface area contributed by atoms with E-state index >= 15 is 0 Å². The number of hydrogen-bond acceptors (Lipinski definition) is 3. The third-order valence-corrected chi connectivity index (χ3v) is 5.64. The fourth-order valence-electron chi connectivity index (χ4n) is 4.34. The molecule has 0 saturated carbocycles. The highest BCUT2D eigenvalue weighted by Crippen LogP contribution is 2.45. The van der Waals surface area contributed by atoms with Crippen molar-refractivity contribution in [3.8, 4) is 0 Å². The molecule has 2 atom stereocenters. The van der Waals surface area contributed by atoms with E-state index in [9.17, 15) is 4.79 Å². The predicted octanol–water partition coefficient (Wildman–Crippen LogP) is 4.46. The van der Waals surface area contributed by atoms with Crippen LogP contribution in [0.1, 0.15) is 49.3 Å². The summed E-state index contributed by atoms with van der Waals surface area (Å²) in [6.45, 7) is 1.89. The van der Waals surface area contributed by atoms with E-state index in [-0.39, 0.29) is 11.9 Å². The molecule has 2 aliphatic rings. The van der Waals surface area contributed by atoms with Gasteiger partial charge < -0.3 is 14.4 Å². The summed E-state index contributed by atoms with van der Waals surface area (Å²) in [4.78, 5) is 14.8. The van der Waals surface area contributed by atoms with E-state index in [1.54, 1.807) is 0 Å². The maximum atomic E-state index is 12.8.